The fourth-order valence-electron chi connectivity index (χ4n) is 2.94. The maximum Gasteiger partial charge on any atom is 0.303 e. The summed E-state index contributed by atoms with van der Waals surface area (Å²) in [5.74, 6) is -0.138. The quantitative estimate of drug-likeness (QED) is 0.640. The summed E-state index contributed by atoms with van der Waals surface area (Å²) in [6, 6.07) is 7.37. The molecule has 3 rings (SSSR count). The average molecular weight is 391 g/mol. The summed E-state index contributed by atoms with van der Waals surface area (Å²) in [5, 5.41) is 12.1. The highest BCUT2D eigenvalue weighted by atomic mass is 35.5. The van der Waals surface area contributed by atoms with E-state index in [-0.39, 0.29) is 12.0 Å². The number of hydrogen-bond donors (Lipinski definition) is 1. The maximum absolute atomic E-state index is 13.2. The molecule has 0 aliphatic rings. The number of thiophene rings is 1. The first kappa shape index (κ1) is 18.6. The van der Waals surface area contributed by atoms with Gasteiger partial charge in [-0.25, -0.2) is 4.98 Å². The highest BCUT2D eigenvalue weighted by Crippen LogP contribution is 2.31. The van der Waals surface area contributed by atoms with E-state index in [1.165, 1.54) is 11.3 Å². The lowest BCUT2D eigenvalue weighted by Crippen LogP contribution is -2.25. The minimum atomic E-state index is -0.860. The number of carboxylic acids is 1. The van der Waals surface area contributed by atoms with Gasteiger partial charge in [0.15, 0.2) is 0 Å². The second-order valence-corrected chi connectivity index (χ2v) is 7.36. The van der Waals surface area contributed by atoms with Crippen molar-refractivity contribution in [3.8, 4) is 11.1 Å². The van der Waals surface area contributed by atoms with E-state index in [1.807, 2.05) is 24.4 Å². The SMILES string of the molecule is CCCc1nc2scc(-c3ccc(Cl)cc3)c2c(=O)n1CCCC(=O)O. The summed E-state index contributed by atoms with van der Waals surface area (Å²) in [6.45, 7) is 2.39. The number of halogens is 1. The molecule has 0 atom stereocenters. The van der Waals surface area contributed by atoms with Crippen molar-refractivity contribution in [1.82, 2.24) is 9.55 Å². The first-order valence-electron chi connectivity index (χ1n) is 8.50. The van der Waals surface area contributed by atoms with Crippen LogP contribution in [-0.4, -0.2) is 20.6 Å². The van der Waals surface area contributed by atoms with E-state index in [0.29, 0.717) is 29.8 Å². The molecular weight excluding hydrogens is 372 g/mol. The molecule has 0 saturated heterocycles. The van der Waals surface area contributed by atoms with E-state index in [9.17, 15) is 9.59 Å². The number of carboxylic acid groups (broad SMARTS) is 1. The summed E-state index contributed by atoms with van der Waals surface area (Å²) >= 11 is 7.42. The molecule has 0 unspecified atom stereocenters. The third kappa shape index (κ3) is 3.81. The molecule has 0 fully saturated rings. The van der Waals surface area contributed by atoms with Crippen LogP contribution in [0.25, 0.3) is 21.3 Å². The third-order valence-electron chi connectivity index (χ3n) is 4.17. The first-order chi connectivity index (χ1) is 12.5. The predicted octanol–water partition coefficient (Wildman–Crippen LogP) is 4.60. The van der Waals surface area contributed by atoms with Crippen LogP contribution in [0.2, 0.25) is 5.02 Å². The van der Waals surface area contributed by atoms with Gasteiger partial charge in [-0.2, -0.15) is 0 Å². The first-order valence-corrected chi connectivity index (χ1v) is 9.75. The summed E-state index contributed by atoms with van der Waals surface area (Å²) < 4.78 is 1.64. The Morgan fingerprint density at radius 2 is 2.04 bits per heavy atom. The highest BCUT2D eigenvalue weighted by molar-refractivity contribution is 7.17. The van der Waals surface area contributed by atoms with Crippen molar-refractivity contribution in [1.29, 1.82) is 0 Å². The van der Waals surface area contributed by atoms with E-state index in [2.05, 4.69) is 0 Å². The second kappa shape index (κ2) is 8.01. The van der Waals surface area contributed by atoms with Crippen LogP contribution in [0.5, 0.6) is 0 Å². The van der Waals surface area contributed by atoms with Crippen molar-refractivity contribution in [2.75, 3.05) is 0 Å². The molecule has 1 aromatic carbocycles. The Morgan fingerprint density at radius 3 is 2.69 bits per heavy atom. The van der Waals surface area contributed by atoms with Gasteiger partial charge in [-0.15, -0.1) is 11.3 Å². The zero-order valence-corrected chi connectivity index (χ0v) is 15.9. The molecule has 0 spiro atoms. The maximum atomic E-state index is 13.2. The molecule has 0 bridgehead atoms. The molecule has 0 aliphatic carbocycles. The normalized spacial score (nSPS) is 11.2. The van der Waals surface area contributed by atoms with E-state index in [1.54, 1.807) is 16.7 Å². The van der Waals surface area contributed by atoms with Crippen LogP contribution in [0.4, 0.5) is 0 Å². The summed E-state index contributed by atoms with van der Waals surface area (Å²) in [6.07, 6.45) is 1.99. The topological polar surface area (TPSA) is 72.2 Å². The Kier molecular flexibility index (Phi) is 5.74. The highest BCUT2D eigenvalue weighted by Gasteiger charge is 2.17. The summed E-state index contributed by atoms with van der Waals surface area (Å²) in [7, 11) is 0. The predicted molar refractivity (Wildman–Crippen MR) is 105 cm³/mol. The number of hydrogen-bond acceptors (Lipinski definition) is 4. The molecule has 3 aromatic rings. The van der Waals surface area contributed by atoms with Gasteiger partial charge in [0, 0.05) is 35.4 Å². The molecule has 0 amide bonds. The van der Waals surface area contributed by atoms with Gasteiger partial charge in [0.25, 0.3) is 5.56 Å². The Morgan fingerprint density at radius 1 is 1.31 bits per heavy atom. The zero-order chi connectivity index (χ0) is 18.7. The summed E-state index contributed by atoms with van der Waals surface area (Å²) in [5.41, 5.74) is 1.66. The van der Waals surface area contributed by atoms with Crippen LogP contribution in [0.3, 0.4) is 0 Å². The Balaban J connectivity index is 2.11. The average Bonchev–Trinajstić information content (AvgIpc) is 3.02. The Hall–Kier alpha value is -2.18. The largest absolute Gasteiger partial charge is 0.481 e. The minimum absolute atomic E-state index is 0.0315. The van der Waals surface area contributed by atoms with Gasteiger partial charge in [0.2, 0.25) is 0 Å². The molecule has 7 heteroatoms. The van der Waals surface area contributed by atoms with Crippen molar-refractivity contribution in [3.05, 3.63) is 50.8 Å². The van der Waals surface area contributed by atoms with Gasteiger partial charge in [0.1, 0.15) is 10.7 Å². The monoisotopic (exact) mass is 390 g/mol. The van der Waals surface area contributed by atoms with Crippen molar-refractivity contribution >= 4 is 39.1 Å². The second-order valence-electron chi connectivity index (χ2n) is 6.07. The number of aromatic nitrogens is 2. The summed E-state index contributed by atoms with van der Waals surface area (Å²) in [4.78, 5) is 29.4. The number of aryl methyl sites for hydroxylation is 1. The molecule has 136 valence electrons. The lowest BCUT2D eigenvalue weighted by Gasteiger charge is -2.12. The van der Waals surface area contributed by atoms with Gasteiger partial charge in [-0.3, -0.25) is 14.2 Å². The van der Waals surface area contributed by atoms with Crippen LogP contribution in [0.1, 0.15) is 32.0 Å². The van der Waals surface area contributed by atoms with Gasteiger partial charge >= 0.3 is 5.97 Å². The Bertz CT molecular complexity index is 992. The number of rotatable bonds is 7. The molecule has 2 aromatic heterocycles. The fourth-order valence-corrected chi connectivity index (χ4v) is 4.02. The lowest BCUT2D eigenvalue weighted by atomic mass is 10.1. The van der Waals surface area contributed by atoms with E-state index in [0.717, 1.165) is 28.2 Å². The van der Waals surface area contributed by atoms with Gasteiger partial charge < -0.3 is 5.11 Å². The van der Waals surface area contributed by atoms with Crippen LogP contribution >= 0.6 is 22.9 Å². The van der Waals surface area contributed by atoms with Crippen LogP contribution in [0.15, 0.2) is 34.4 Å². The number of aliphatic carboxylic acids is 1. The molecular formula is C19H19ClN2O3S. The van der Waals surface area contributed by atoms with Crippen molar-refractivity contribution in [2.45, 2.75) is 39.2 Å². The van der Waals surface area contributed by atoms with Crippen molar-refractivity contribution in [3.63, 3.8) is 0 Å². The molecule has 26 heavy (non-hydrogen) atoms. The van der Waals surface area contributed by atoms with Crippen molar-refractivity contribution in [2.24, 2.45) is 0 Å². The molecule has 0 aliphatic heterocycles. The van der Waals surface area contributed by atoms with Gasteiger partial charge in [0.05, 0.1) is 5.39 Å². The Labute approximate surface area is 159 Å². The van der Waals surface area contributed by atoms with Gasteiger partial charge in [-0.1, -0.05) is 30.7 Å². The van der Waals surface area contributed by atoms with Gasteiger partial charge in [-0.05, 0) is 30.5 Å². The molecule has 1 N–H and O–H groups in total. The van der Waals surface area contributed by atoms with Crippen LogP contribution in [0, 0.1) is 0 Å². The van der Waals surface area contributed by atoms with Crippen molar-refractivity contribution < 1.29 is 9.90 Å². The minimum Gasteiger partial charge on any atom is -0.481 e. The van der Waals surface area contributed by atoms with Crippen LogP contribution < -0.4 is 5.56 Å². The van der Waals surface area contributed by atoms with E-state index in [4.69, 9.17) is 21.7 Å². The number of fused-ring (bicyclic) bond motifs is 1. The molecule has 0 radical (unpaired) electrons. The number of nitrogens with zero attached hydrogens (tertiary/aromatic N) is 2. The number of carbonyl (C=O) groups is 1. The van der Waals surface area contributed by atoms with E-state index < -0.39 is 5.97 Å². The zero-order valence-electron chi connectivity index (χ0n) is 14.4. The van der Waals surface area contributed by atoms with Crippen LogP contribution in [-0.2, 0) is 17.8 Å². The standard InChI is InChI=1S/C19H19ClN2O3S/c1-2-4-15-21-18-17(19(25)22(15)10-3-5-16(23)24)14(11-26-18)12-6-8-13(20)9-7-12/h6-9,11H,2-5,10H2,1H3,(H,23,24). The molecule has 5 nitrogen and oxygen atoms in total. The third-order valence-corrected chi connectivity index (χ3v) is 5.30. The smallest absolute Gasteiger partial charge is 0.303 e. The lowest BCUT2D eigenvalue weighted by molar-refractivity contribution is -0.137. The fraction of sp³-hybridized carbons (Fsp3) is 0.316. The van der Waals surface area contributed by atoms with E-state index >= 15 is 0 Å². The molecule has 2 heterocycles. The molecule has 0 saturated carbocycles. The number of benzene rings is 1.